The van der Waals surface area contributed by atoms with Crippen molar-refractivity contribution in [3.63, 3.8) is 0 Å². The van der Waals surface area contributed by atoms with Crippen LogP contribution in [0.5, 0.6) is 0 Å². The number of nitrogens with zero attached hydrogens (tertiary/aromatic N) is 3. The molecule has 0 radical (unpaired) electrons. The van der Waals surface area contributed by atoms with E-state index in [0.29, 0.717) is 16.3 Å². The molecule has 1 aromatic heterocycles. The molecule has 4 aromatic rings. The van der Waals surface area contributed by atoms with Crippen LogP contribution in [-0.2, 0) is 21.4 Å². The van der Waals surface area contributed by atoms with Crippen molar-refractivity contribution < 1.29 is 13.2 Å². The second-order valence-corrected chi connectivity index (χ2v) is 9.93. The van der Waals surface area contributed by atoms with Crippen molar-refractivity contribution in [1.82, 2.24) is 14.9 Å². The number of imidazole rings is 1. The molecule has 0 saturated heterocycles. The van der Waals surface area contributed by atoms with Gasteiger partial charge in [-0.15, -0.1) is 0 Å². The fraction of sp³-hybridized carbons (Fsp3) is 0.120. The summed E-state index contributed by atoms with van der Waals surface area (Å²) >= 11 is 6.17. The number of rotatable bonds is 8. The fourth-order valence-corrected chi connectivity index (χ4v) is 5.23. The molecule has 0 atom stereocenters. The van der Waals surface area contributed by atoms with Gasteiger partial charge in [0, 0.05) is 24.0 Å². The molecule has 0 bridgehead atoms. The first-order valence-corrected chi connectivity index (χ1v) is 12.3. The summed E-state index contributed by atoms with van der Waals surface area (Å²) in [6.45, 7) is 1.60. The van der Waals surface area contributed by atoms with Gasteiger partial charge in [0.25, 0.3) is 10.0 Å². The fourth-order valence-electron chi connectivity index (χ4n) is 3.56. The van der Waals surface area contributed by atoms with Gasteiger partial charge >= 0.3 is 0 Å². The van der Waals surface area contributed by atoms with Crippen molar-refractivity contribution in [2.24, 2.45) is 0 Å². The highest BCUT2D eigenvalue weighted by molar-refractivity contribution is 7.92. The van der Waals surface area contributed by atoms with E-state index in [-0.39, 0.29) is 11.4 Å². The van der Waals surface area contributed by atoms with Crippen LogP contribution in [0.2, 0.25) is 5.02 Å². The third kappa shape index (κ3) is 5.13. The van der Waals surface area contributed by atoms with Gasteiger partial charge in [0.2, 0.25) is 5.91 Å². The molecule has 0 saturated carbocycles. The minimum Gasteiger partial charge on any atom is -0.350 e. The van der Waals surface area contributed by atoms with E-state index in [1.807, 2.05) is 35.0 Å². The molecule has 0 spiro atoms. The molecule has 174 valence electrons. The van der Waals surface area contributed by atoms with Crippen molar-refractivity contribution in [2.45, 2.75) is 18.4 Å². The lowest BCUT2D eigenvalue weighted by molar-refractivity contribution is -0.119. The lowest BCUT2D eigenvalue weighted by atomic mass is 10.1. The van der Waals surface area contributed by atoms with Crippen molar-refractivity contribution in [3.05, 3.63) is 108 Å². The molecular formula is C25H23ClN4O3S. The van der Waals surface area contributed by atoms with Crippen molar-refractivity contribution in [3.8, 4) is 5.69 Å². The van der Waals surface area contributed by atoms with Gasteiger partial charge in [0.05, 0.1) is 22.6 Å². The molecule has 9 heteroatoms. The predicted octanol–water partition coefficient (Wildman–Crippen LogP) is 4.35. The summed E-state index contributed by atoms with van der Waals surface area (Å²) in [7, 11) is -4.01. The first-order chi connectivity index (χ1) is 16.4. The van der Waals surface area contributed by atoms with Gasteiger partial charge < -0.3 is 9.88 Å². The molecule has 4 rings (SSSR count). The quantitative estimate of drug-likeness (QED) is 0.395. The van der Waals surface area contributed by atoms with Gasteiger partial charge in [-0.05, 0) is 48.4 Å². The zero-order valence-electron chi connectivity index (χ0n) is 18.4. The Bertz CT molecular complexity index is 1390. The molecular weight excluding hydrogens is 472 g/mol. The van der Waals surface area contributed by atoms with Gasteiger partial charge in [-0.3, -0.25) is 9.10 Å². The van der Waals surface area contributed by atoms with Gasteiger partial charge in [0.1, 0.15) is 6.54 Å². The van der Waals surface area contributed by atoms with E-state index in [1.54, 1.807) is 55.8 Å². The molecule has 0 aliphatic carbocycles. The van der Waals surface area contributed by atoms with Gasteiger partial charge in [-0.25, -0.2) is 13.4 Å². The van der Waals surface area contributed by atoms with Crippen LogP contribution < -0.4 is 9.62 Å². The van der Waals surface area contributed by atoms with E-state index in [2.05, 4.69) is 10.3 Å². The lowest BCUT2D eigenvalue weighted by Gasteiger charge is -2.26. The summed E-state index contributed by atoms with van der Waals surface area (Å²) in [5.74, 6) is -0.445. The van der Waals surface area contributed by atoms with E-state index in [9.17, 15) is 13.2 Å². The monoisotopic (exact) mass is 494 g/mol. The first-order valence-electron chi connectivity index (χ1n) is 10.5. The molecule has 7 nitrogen and oxygen atoms in total. The number of sulfonamides is 1. The van der Waals surface area contributed by atoms with Crippen LogP contribution in [0.25, 0.3) is 5.69 Å². The number of hydrogen-bond donors (Lipinski definition) is 1. The van der Waals surface area contributed by atoms with Crippen LogP contribution >= 0.6 is 11.6 Å². The maximum Gasteiger partial charge on any atom is 0.264 e. The Morgan fingerprint density at radius 2 is 1.79 bits per heavy atom. The number of aromatic nitrogens is 2. The number of para-hydroxylation sites is 1. The summed E-state index contributed by atoms with van der Waals surface area (Å²) in [6, 6.07) is 20.6. The Hall–Kier alpha value is -3.62. The smallest absolute Gasteiger partial charge is 0.264 e. The molecule has 0 aliphatic rings. The van der Waals surface area contributed by atoms with Gasteiger partial charge in [-0.1, -0.05) is 54.1 Å². The van der Waals surface area contributed by atoms with Crippen LogP contribution in [0.4, 0.5) is 5.69 Å². The lowest BCUT2D eigenvalue weighted by Crippen LogP contribution is -2.41. The largest absolute Gasteiger partial charge is 0.350 e. The summed E-state index contributed by atoms with van der Waals surface area (Å²) in [6.07, 6.45) is 5.17. The summed E-state index contributed by atoms with van der Waals surface area (Å²) in [5, 5.41) is 3.23. The zero-order valence-corrected chi connectivity index (χ0v) is 20.0. The third-order valence-corrected chi connectivity index (χ3v) is 7.32. The summed E-state index contributed by atoms with van der Waals surface area (Å²) in [5.41, 5.74) is 2.78. The molecule has 1 heterocycles. The van der Waals surface area contributed by atoms with Crippen molar-refractivity contribution in [1.29, 1.82) is 0 Å². The molecule has 3 aromatic carbocycles. The van der Waals surface area contributed by atoms with E-state index in [4.69, 9.17) is 11.6 Å². The Balaban J connectivity index is 1.60. The summed E-state index contributed by atoms with van der Waals surface area (Å²) in [4.78, 5) is 17.2. The van der Waals surface area contributed by atoms with Crippen LogP contribution in [-0.4, -0.2) is 30.4 Å². The van der Waals surface area contributed by atoms with Crippen molar-refractivity contribution in [2.75, 3.05) is 10.8 Å². The Morgan fingerprint density at radius 3 is 2.53 bits per heavy atom. The zero-order chi connectivity index (χ0) is 24.1. The number of benzene rings is 3. The molecule has 1 N–H and O–H groups in total. The number of nitrogens with one attached hydrogen (secondary N) is 1. The maximum atomic E-state index is 13.5. The number of carbonyl (C=O) groups excluding carboxylic acids is 1. The summed E-state index contributed by atoms with van der Waals surface area (Å²) < 4.78 is 30.0. The van der Waals surface area contributed by atoms with Crippen LogP contribution in [0.15, 0.2) is 96.4 Å². The number of aryl methyl sites for hydroxylation is 1. The Labute approximate surface area is 203 Å². The highest BCUT2D eigenvalue weighted by Gasteiger charge is 2.28. The predicted molar refractivity (Wildman–Crippen MR) is 133 cm³/mol. The van der Waals surface area contributed by atoms with Crippen LogP contribution in [0, 0.1) is 6.92 Å². The highest BCUT2D eigenvalue weighted by atomic mass is 35.5. The minimum atomic E-state index is -4.01. The first kappa shape index (κ1) is 23.5. The molecule has 34 heavy (non-hydrogen) atoms. The number of carbonyl (C=O) groups is 1. The topological polar surface area (TPSA) is 84.3 Å². The average Bonchev–Trinajstić information content (AvgIpc) is 3.38. The number of hydrogen-bond acceptors (Lipinski definition) is 4. The number of anilines is 1. The molecule has 0 fully saturated rings. The Morgan fingerprint density at radius 1 is 1.06 bits per heavy atom. The highest BCUT2D eigenvalue weighted by Crippen LogP contribution is 2.29. The molecule has 0 aliphatic heterocycles. The van der Waals surface area contributed by atoms with E-state index >= 15 is 0 Å². The SMILES string of the molecule is Cc1ccc(Cl)cc1N(CC(=O)NCc1ccccc1-n1ccnc1)S(=O)(=O)c1ccccc1. The average molecular weight is 495 g/mol. The van der Waals surface area contributed by atoms with E-state index < -0.39 is 22.5 Å². The second-order valence-electron chi connectivity index (χ2n) is 7.63. The minimum absolute atomic E-state index is 0.0904. The van der Waals surface area contributed by atoms with Crippen LogP contribution in [0.3, 0.4) is 0 Å². The second kappa shape index (κ2) is 10.1. The normalized spacial score (nSPS) is 11.2. The van der Waals surface area contributed by atoms with E-state index in [0.717, 1.165) is 15.6 Å². The Kier molecular flexibility index (Phi) is 7.00. The number of amides is 1. The van der Waals surface area contributed by atoms with Crippen molar-refractivity contribution >= 4 is 33.2 Å². The number of halogens is 1. The van der Waals surface area contributed by atoms with Gasteiger partial charge in [-0.2, -0.15) is 0 Å². The van der Waals surface area contributed by atoms with Crippen LogP contribution in [0.1, 0.15) is 11.1 Å². The standard InChI is InChI=1S/C25H23ClN4O3S/c1-19-11-12-21(26)15-24(19)30(34(32,33)22-8-3-2-4-9-22)17-25(31)28-16-20-7-5-6-10-23(20)29-14-13-27-18-29/h2-15,18H,16-17H2,1H3,(H,28,31). The van der Waals surface area contributed by atoms with E-state index in [1.165, 1.54) is 12.1 Å². The van der Waals surface area contributed by atoms with Gasteiger partial charge in [0.15, 0.2) is 0 Å². The molecule has 0 unspecified atom stereocenters. The molecule has 1 amide bonds. The maximum absolute atomic E-state index is 13.5. The third-order valence-electron chi connectivity index (χ3n) is 5.31.